The Morgan fingerprint density at radius 1 is 1.03 bits per heavy atom. The molecule has 4 atom stereocenters. The number of rotatable bonds is 8. The minimum Gasteiger partial charge on any atom is -0.380 e. The summed E-state index contributed by atoms with van der Waals surface area (Å²) in [7, 11) is 0. The van der Waals surface area contributed by atoms with Gasteiger partial charge in [0.25, 0.3) is 11.8 Å². The third-order valence-corrected chi connectivity index (χ3v) is 7.57. The van der Waals surface area contributed by atoms with Gasteiger partial charge in [-0.2, -0.15) is 0 Å². The Bertz CT molecular complexity index is 1120. The van der Waals surface area contributed by atoms with Crippen molar-refractivity contribution in [2.24, 2.45) is 0 Å². The monoisotopic (exact) mass is 520 g/mol. The van der Waals surface area contributed by atoms with Crippen LogP contribution < -0.4 is 5.32 Å². The summed E-state index contributed by atoms with van der Waals surface area (Å²) in [6, 6.07) is 8.75. The topological polar surface area (TPSA) is 89.9 Å². The van der Waals surface area contributed by atoms with Gasteiger partial charge in [-0.15, -0.1) is 11.8 Å². The van der Waals surface area contributed by atoms with E-state index in [2.05, 4.69) is 5.32 Å². The summed E-state index contributed by atoms with van der Waals surface area (Å²) in [5.41, 5.74) is 2.19. The van der Waals surface area contributed by atoms with E-state index < -0.39 is 41.5 Å². The van der Waals surface area contributed by atoms with Crippen molar-refractivity contribution in [1.29, 1.82) is 0 Å². The molecule has 1 saturated heterocycles. The second kappa shape index (κ2) is 11.5. The van der Waals surface area contributed by atoms with Crippen LogP contribution in [0.4, 0.5) is 13.2 Å². The van der Waals surface area contributed by atoms with Crippen molar-refractivity contribution >= 4 is 23.6 Å². The molecule has 4 rings (SSSR count). The fraction of sp³-hybridized carbons (Fsp3) is 0.385. The molecule has 2 heterocycles. The number of thioether (sulfide) groups is 1. The molecule has 10 heteroatoms. The molecule has 2 aliphatic rings. The van der Waals surface area contributed by atoms with Gasteiger partial charge in [0.15, 0.2) is 12.2 Å². The molecule has 0 radical (unpaired) electrons. The minimum absolute atomic E-state index is 0.0520. The molecule has 0 aliphatic carbocycles. The molecule has 36 heavy (non-hydrogen) atoms. The van der Waals surface area contributed by atoms with Crippen LogP contribution >= 0.6 is 11.8 Å². The molecule has 2 unspecified atom stereocenters. The highest BCUT2D eigenvalue weighted by atomic mass is 32.2. The van der Waals surface area contributed by atoms with E-state index in [9.17, 15) is 33.0 Å². The number of carbonyl (C=O) groups excluding carboxylic acids is 2. The van der Waals surface area contributed by atoms with Gasteiger partial charge in [0.2, 0.25) is 0 Å². The summed E-state index contributed by atoms with van der Waals surface area (Å²) in [6.07, 6.45) is -1.61. The molecule has 6 nitrogen and oxygen atoms in total. The molecule has 2 aliphatic heterocycles. The van der Waals surface area contributed by atoms with E-state index in [4.69, 9.17) is 0 Å². The van der Waals surface area contributed by atoms with Crippen molar-refractivity contribution in [3.8, 4) is 0 Å². The zero-order valence-electron chi connectivity index (χ0n) is 19.4. The average Bonchev–Trinajstić information content (AvgIpc) is 3.51. The van der Waals surface area contributed by atoms with Crippen LogP contribution in [0.5, 0.6) is 0 Å². The summed E-state index contributed by atoms with van der Waals surface area (Å²) < 4.78 is 40.1. The Balaban J connectivity index is 1.26. The predicted molar refractivity (Wildman–Crippen MR) is 129 cm³/mol. The van der Waals surface area contributed by atoms with Gasteiger partial charge in [0.1, 0.15) is 17.5 Å². The summed E-state index contributed by atoms with van der Waals surface area (Å²) in [6.45, 7) is 0.537. The van der Waals surface area contributed by atoms with Crippen LogP contribution in [0.25, 0.3) is 0 Å². The highest BCUT2D eigenvalue weighted by Crippen LogP contribution is 2.33. The molecule has 2 amide bonds. The third-order valence-electron chi connectivity index (χ3n) is 6.39. The Kier molecular flexibility index (Phi) is 8.38. The van der Waals surface area contributed by atoms with E-state index in [1.54, 1.807) is 12.1 Å². The Labute approximate surface area is 211 Å². The van der Waals surface area contributed by atoms with Crippen molar-refractivity contribution in [2.75, 3.05) is 13.1 Å². The predicted octanol–water partition coefficient (Wildman–Crippen LogP) is 3.24. The zero-order chi connectivity index (χ0) is 25.8. The maximum absolute atomic E-state index is 13.4. The highest BCUT2D eigenvalue weighted by molar-refractivity contribution is 8.03. The van der Waals surface area contributed by atoms with Gasteiger partial charge in [0, 0.05) is 24.4 Å². The highest BCUT2D eigenvalue weighted by Gasteiger charge is 2.38. The quantitative estimate of drug-likeness (QED) is 0.498. The first-order valence-corrected chi connectivity index (χ1v) is 12.6. The number of aliphatic hydroxyl groups excluding tert-OH is 2. The lowest BCUT2D eigenvalue weighted by atomic mass is 10.0. The smallest absolute Gasteiger partial charge is 0.255 e. The molecule has 2 aromatic carbocycles. The Morgan fingerprint density at radius 3 is 2.42 bits per heavy atom. The third kappa shape index (κ3) is 6.29. The van der Waals surface area contributed by atoms with Crippen LogP contribution in [0.3, 0.4) is 0 Å². The Morgan fingerprint density at radius 2 is 1.72 bits per heavy atom. The van der Waals surface area contributed by atoms with E-state index in [0.717, 1.165) is 17.2 Å². The van der Waals surface area contributed by atoms with Crippen molar-refractivity contribution in [1.82, 2.24) is 10.2 Å². The van der Waals surface area contributed by atoms with Crippen LogP contribution in [0.2, 0.25) is 0 Å². The fourth-order valence-corrected chi connectivity index (χ4v) is 5.67. The first kappa shape index (κ1) is 26.2. The zero-order valence-corrected chi connectivity index (χ0v) is 20.2. The van der Waals surface area contributed by atoms with E-state index >= 15 is 0 Å². The van der Waals surface area contributed by atoms with E-state index in [1.807, 2.05) is 5.41 Å². The van der Waals surface area contributed by atoms with Gasteiger partial charge < -0.3 is 20.4 Å². The summed E-state index contributed by atoms with van der Waals surface area (Å²) in [4.78, 5) is 26.7. The number of hydrogen-bond donors (Lipinski definition) is 3. The molecule has 3 N–H and O–H groups in total. The first-order chi connectivity index (χ1) is 17.2. The number of halogens is 3. The molecule has 0 spiro atoms. The lowest BCUT2D eigenvalue weighted by molar-refractivity contribution is -0.153. The first-order valence-electron chi connectivity index (χ1n) is 11.7. The van der Waals surface area contributed by atoms with Gasteiger partial charge in [-0.3, -0.25) is 9.59 Å². The van der Waals surface area contributed by atoms with Gasteiger partial charge in [-0.25, -0.2) is 13.2 Å². The van der Waals surface area contributed by atoms with Gasteiger partial charge in [-0.05, 0) is 66.5 Å². The lowest BCUT2D eigenvalue weighted by Crippen LogP contribution is -2.51. The molecule has 0 saturated carbocycles. The number of likely N-dealkylation sites (tertiary alicyclic amines) is 1. The molecule has 0 bridgehead atoms. The second-order valence-corrected chi connectivity index (χ2v) is 10.2. The van der Waals surface area contributed by atoms with E-state index in [-0.39, 0.29) is 17.8 Å². The largest absolute Gasteiger partial charge is 0.380 e. The molecule has 192 valence electrons. The van der Waals surface area contributed by atoms with Crippen molar-refractivity contribution in [2.45, 2.75) is 49.2 Å². The lowest BCUT2D eigenvalue weighted by Gasteiger charge is -2.28. The molecular weight excluding hydrogens is 493 g/mol. The maximum atomic E-state index is 13.4. The van der Waals surface area contributed by atoms with Crippen LogP contribution in [0.1, 0.15) is 36.4 Å². The SMILES string of the molecule is O=C(NCC1CC(Cc2cc(F)cc(F)c2)=CS1)[C@H](O)[C@@H](O)C(=O)N1CCCC1c1ccc(F)cc1. The van der Waals surface area contributed by atoms with Crippen LogP contribution in [0, 0.1) is 17.5 Å². The number of hydrogen-bond acceptors (Lipinski definition) is 5. The minimum atomic E-state index is -1.94. The number of allylic oxidation sites excluding steroid dienone is 1. The molecular formula is C26H27F3N2O4S. The molecule has 0 aromatic heterocycles. The maximum Gasteiger partial charge on any atom is 0.255 e. The van der Waals surface area contributed by atoms with Crippen molar-refractivity contribution in [3.05, 3.63) is 82.0 Å². The van der Waals surface area contributed by atoms with Gasteiger partial charge in [-0.1, -0.05) is 17.7 Å². The summed E-state index contributed by atoms with van der Waals surface area (Å²) >= 11 is 1.46. The Hall–Kier alpha value is -2.82. The van der Waals surface area contributed by atoms with E-state index in [0.29, 0.717) is 37.8 Å². The van der Waals surface area contributed by atoms with Crippen molar-refractivity contribution in [3.63, 3.8) is 0 Å². The van der Waals surface area contributed by atoms with Crippen LogP contribution in [-0.4, -0.2) is 57.5 Å². The van der Waals surface area contributed by atoms with Crippen molar-refractivity contribution < 1.29 is 33.0 Å². The number of benzene rings is 2. The fourth-order valence-electron chi connectivity index (χ4n) is 4.62. The second-order valence-electron chi connectivity index (χ2n) is 9.07. The number of aliphatic hydroxyl groups is 2. The normalized spacial score (nSPS) is 21.2. The summed E-state index contributed by atoms with van der Waals surface area (Å²) in [5.74, 6) is -3.30. The van der Waals surface area contributed by atoms with Gasteiger partial charge >= 0.3 is 0 Å². The van der Waals surface area contributed by atoms with Crippen LogP contribution in [0.15, 0.2) is 53.4 Å². The number of amides is 2. The number of nitrogens with zero attached hydrogens (tertiary/aromatic N) is 1. The molecule has 2 aromatic rings. The summed E-state index contributed by atoms with van der Waals surface area (Å²) in [5, 5.41) is 25.2. The van der Waals surface area contributed by atoms with Crippen LogP contribution in [-0.2, 0) is 16.0 Å². The van der Waals surface area contributed by atoms with E-state index in [1.165, 1.54) is 40.9 Å². The number of carbonyl (C=O) groups is 2. The standard InChI is InChI=1S/C26H27F3N2O4S/c27-18-5-3-17(4-6-18)22-2-1-7-31(22)26(35)24(33)23(32)25(34)30-13-21-11-16(14-36-21)8-15-9-19(28)12-20(29)10-15/h3-6,9-10,12,14,21-24,32-33H,1-2,7-8,11,13H2,(H,30,34)/t21?,22?,23-,24-/m1/s1. The number of nitrogens with one attached hydrogen (secondary N) is 1. The van der Waals surface area contributed by atoms with Gasteiger partial charge in [0.05, 0.1) is 6.04 Å². The molecule has 1 fully saturated rings. The average molecular weight is 521 g/mol.